The average Bonchev–Trinajstić information content (AvgIpc) is 2.43. The van der Waals surface area contributed by atoms with Gasteiger partial charge < -0.3 is 4.74 Å². The molecule has 1 aliphatic rings. The van der Waals surface area contributed by atoms with Crippen LogP contribution in [0, 0.1) is 5.41 Å². The number of carbonyl (C=O) groups is 1. The Morgan fingerprint density at radius 3 is 2.74 bits per heavy atom. The zero-order valence-electron chi connectivity index (χ0n) is 11.9. The van der Waals surface area contributed by atoms with Crippen molar-refractivity contribution >= 4 is 5.78 Å². The van der Waals surface area contributed by atoms with Gasteiger partial charge in [0.25, 0.3) is 0 Å². The molecule has 0 heterocycles. The van der Waals surface area contributed by atoms with E-state index in [9.17, 15) is 4.79 Å². The van der Waals surface area contributed by atoms with Crippen molar-refractivity contribution in [1.29, 1.82) is 0 Å². The Balaban J connectivity index is 1.65. The van der Waals surface area contributed by atoms with E-state index in [0.717, 1.165) is 38.7 Å². The van der Waals surface area contributed by atoms with Crippen molar-refractivity contribution in [2.75, 3.05) is 6.61 Å². The summed E-state index contributed by atoms with van der Waals surface area (Å²) >= 11 is 0. The van der Waals surface area contributed by atoms with Gasteiger partial charge in [0.1, 0.15) is 5.78 Å². The van der Waals surface area contributed by atoms with Gasteiger partial charge in [0.2, 0.25) is 0 Å². The third kappa shape index (κ3) is 4.17. The number of benzene rings is 1. The first-order chi connectivity index (χ1) is 9.21. The Kier molecular flexibility index (Phi) is 5.15. The fourth-order valence-corrected chi connectivity index (χ4v) is 2.83. The molecule has 1 fully saturated rings. The highest BCUT2D eigenvalue weighted by Gasteiger charge is 2.34. The number of ether oxygens (including phenoxy) is 1. The maximum Gasteiger partial charge on any atom is 0.138 e. The minimum Gasteiger partial charge on any atom is -0.377 e. The lowest BCUT2D eigenvalue weighted by atomic mass is 9.72. The Morgan fingerprint density at radius 2 is 2.00 bits per heavy atom. The summed E-state index contributed by atoms with van der Waals surface area (Å²) in [7, 11) is 0. The van der Waals surface area contributed by atoms with Gasteiger partial charge >= 0.3 is 0 Å². The van der Waals surface area contributed by atoms with E-state index >= 15 is 0 Å². The Morgan fingerprint density at radius 1 is 1.21 bits per heavy atom. The quantitative estimate of drug-likeness (QED) is 0.719. The second-order valence-electron chi connectivity index (χ2n) is 5.83. The summed E-state index contributed by atoms with van der Waals surface area (Å²) in [6.07, 6.45) is 6.08. The van der Waals surface area contributed by atoms with Crippen LogP contribution in [-0.2, 0) is 16.1 Å². The van der Waals surface area contributed by atoms with Gasteiger partial charge in [-0.3, -0.25) is 4.79 Å². The third-order valence-electron chi connectivity index (χ3n) is 4.18. The smallest absolute Gasteiger partial charge is 0.138 e. The van der Waals surface area contributed by atoms with Gasteiger partial charge in [-0.25, -0.2) is 0 Å². The monoisotopic (exact) mass is 260 g/mol. The molecule has 0 bridgehead atoms. The topological polar surface area (TPSA) is 26.3 Å². The summed E-state index contributed by atoms with van der Waals surface area (Å²) in [5.74, 6) is 0.460. The second kappa shape index (κ2) is 6.85. The molecule has 2 rings (SSSR count). The van der Waals surface area contributed by atoms with Gasteiger partial charge in [0, 0.05) is 18.4 Å². The van der Waals surface area contributed by atoms with Crippen LogP contribution in [0.2, 0.25) is 0 Å². The number of hydrogen-bond donors (Lipinski definition) is 0. The fraction of sp³-hybridized carbons (Fsp3) is 0.588. The van der Waals surface area contributed by atoms with Crippen molar-refractivity contribution in [1.82, 2.24) is 0 Å². The van der Waals surface area contributed by atoms with Gasteiger partial charge in [-0.2, -0.15) is 0 Å². The molecule has 0 unspecified atom stereocenters. The maximum atomic E-state index is 12.0. The molecule has 0 aliphatic heterocycles. The summed E-state index contributed by atoms with van der Waals surface area (Å²) in [5.41, 5.74) is 1.14. The molecule has 2 heteroatoms. The molecule has 0 saturated heterocycles. The van der Waals surface area contributed by atoms with Crippen LogP contribution in [0.15, 0.2) is 30.3 Å². The number of Topliss-reactive ketones (excluding diaryl/α,β-unsaturated/α-hetero) is 1. The fourth-order valence-electron chi connectivity index (χ4n) is 2.83. The lowest BCUT2D eigenvalue weighted by molar-refractivity contribution is -0.130. The zero-order valence-corrected chi connectivity index (χ0v) is 11.9. The summed E-state index contributed by atoms with van der Waals surface area (Å²) in [6.45, 7) is 3.55. The van der Waals surface area contributed by atoms with Gasteiger partial charge in [0.05, 0.1) is 6.61 Å². The van der Waals surface area contributed by atoms with Crippen molar-refractivity contribution in [3.8, 4) is 0 Å². The predicted octanol–water partition coefficient (Wildman–Crippen LogP) is 4.13. The molecule has 2 nitrogen and oxygen atoms in total. The molecular formula is C17H24O2. The Labute approximate surface area is 116 Å². The lowest BCUT2D eigenvalue weighted by Gasteiger charge is -2.31. The van der Waals surface area contributed by atoms with Crippen LogP contribution < -0.4 is 0 Å². The van der Waals surface area contributed by atoms with Crippen LogP contribution in [0.4, 0.5) is 0 Å². The molecule has 1 aromatic carbocycles. The zero-order chi connectivity index (χ0) is 13.6. The van der Waals surface area contributed by atoms with Crippen LogP contribution in [-0.4, -0.2) is 12.4 Å². The molecule has 104 valence electrons. The van der Waals surface area contributed by atoms with Crippen molar-refractivity contribution in [3.63, 3.8) is 0 Å². The molecule has 0 amide bonds. The van der Waals surface area contributed by atoms with Gasteiger partial charge in [-0.1, -0.05) is 43.7 Å². The molecule has 1 aliphatic carbocycles. The van der Waals surface area contributed by atoms with Crippen molar-refractivity contribution in [2.24, 2.45) is 5.41 Å². The first-order valence-electron chi connectivity index (χ1n) is 7.36. The van der Waals surface area contributed by atoms with Gasteiger partial charge in [0.15, 0.2) is 0 Å². The Bertz CT molecular complexity index is 399. The van der Waals surface area contributed by atoms with Crippen molar-refractivity contribution < 1.29 is 9.53 Å². The molecule has 0 N–H and O–H groups in total. The van der Waals surface area contributed by atoms with E-state index in [0.29, 0.717) is 12.4 Å². The first-order valence-corrected chi connectivity index (χ1v) is 7.36. The molecule has 0 spiro atoms. The minimum absolute atomic E-state index is 0.0750. The summed E-state index contributed by atoms with van der Waals surface area (Å²) in [4.78, 5) is 12.0. The predicted molar refractivity (Wildman–Crippen MR) is 76.9 cm³/mol. The van der Waals surface area contributed by atoms with E-state index in [1.807, 2.05) is 18.2 Å². The summed E-state index contributed by atoms with van der Waals surface area (Å²) < 4.78 is 5.68. The van der Waals surface area contributed by atoms with Crippen LogP contribution in [0.3, 0.4) is 0 Å². The average molecular weight is 260 g/mol. The standard InChI is InChI=1S/C17H24O2/c1-17(11-6-5-10-16(17)18)12-7-13-19-14-15-8-3-2-4-9-15/h2-4,8-9H,5-7,10-14H2,1H3/t17-/m0/s1. The molecule has 0 aromatic heterocycles. The van der Waals surface area contributed by atoms with Crippen LogP contribution in [0.25, 0.3) is 0 Å². The largest absolute Gasteiger partial charge is 0.377 e. The van der Waals surface area contributed by atoms with E-state index in [-0.39, 0.29) is 5.41 Å². The molecule has 19 heavy (non-hydrogen) atoms. The van der Waals surface area contributed by atoms with Crippen LogP contribution >= 0.6 is 0 Å². The van der Waals surface area contributed by atoms with Crippen molar-refractivity contribution in [2.45, 2.75) is 52.1 Å². The first kappa shape index (κ1) is 14.3. The third-order valence-corrected chi connectivity index (χ3v) is 4.18. The maximum absolute atomic E-state index is 12.0. The second-order valence-corrected chi connectivity index (χ2v) is 5.83. The van der Waals surface area contributed by atoms with Gasteiger partial charge in [-0.15, -0.1) is 0 Å². The molecular weight excluding hydrogens is 236 g/mol. The van der Waals surface area contributed by atoms with E-state index in [2.05, 4.69) is 19.1 Å². The Hall–Kier alpha value is -1.15. The highest BCUT2D eigenvalue weighted by atomic mass is 16.5. The van der Waals surface area contributed by atoms with E-state index in [1.165, 1.54) is 12.0 Å². The molecule has 1 saturated carbocycles. The van der Waals surface area contributed by atoms with Crippen molar-refractivity contribution in [3.05, 3.63) is 35.9 Å². The van der Waals surface area contributed by atoms with E-state index < -0.39 is 0 Å². The molecule has 0 radical (unpaired) electrons. The van der Waals surface area contributed by atoms with E-state index in [4.69, 9.17) is 4.74 Å². The molecule has 1 aromatic rings. The normalized spacial score (nSPS) is 23.5. The SMILES string of the molecule is C[C@@]1(CCCOCc2ccccc2)CCCCC1=O. The molecule has 1 atom stereocenters. The van der Waals surface area contributed by atoms with Crippen LogP contribution in [0.1, 0.15) is 51.0 Å². The van der Waals surface area contributed by atoms with Crippen LogP contribution in [0.5, 0.6) is 0 Å². The summed E-state index contributed by atoms with van der Waals surface area (Å²) in [6, 6.07) is 10.2. The highest BCUT2D eigenvalue weighted by molar-refractivity contribution is 5.85. The number of carbonyl (C=O) groups excluding carboxylic acids is 1. The summed E-state index contributed by atoms with van der Waals surface area (Å²) in [5, 5.41) is 0. The minimum atomic E-state index is -0.0750. The van der Waals surface area contributed by atoms with Gasteiger partial charge in [-0.05, 0) is 31.2 Å². The highest BCUT2D eigenvalue weighted by Crippen LogP contribution is 2.36. The number of rotatable bonds is 6. The number of ketones is 1. The van der Waals surface area contributed by atoms with E-state index in [1.54, 1.807) is 0 Å². The number of hydrogen-bond acceptors (Lipinski definition) is 2. The lowest BCUT2D eigenvalue weighted by Crippen LogP contribution is -2.31.